The van der Waals surface area contributed by atoms with E-state index in [0.717, 1.165) is 38.5 Å². The highest BCUT2D eigenvalue weighted by Gasteiger charge is 2.15. The van der Waals surface area contributed by atoms with Gasteiger partial charge in [-0.2, -0.15) is 0 Å². The minimum absolute atomic E-state index is 0.215. The van der Waals surface area contributed by atoms with Crippen molar-refractivity contribution in [2.75, 3.05) is 0 Å². The maximum Gasteiger partial charge on any atom is 0.306 e. The van der Waals surface area contributed by atoms with E-state index in [1.807, 2.05) is 13.8 Å². The van der Waals surface area contributed by atoms with Crippen molar-refractivity contribution in [3.8, 4) is 0 Å². The lowest BCUT2D eigenvalue weighted by Gasteiger charge is -2.10. The zero-order chi connectivity index (χ0) is 14.0. The van der Waals surface area contributed by atoms with Gasteiger partial charge in [0.05, 0.1) is 11.8 Å². The third kappa shape index (κ3) is 7.30. The second-order valence-corrected chi connectivity index (χ2v) is 4.88. The van der Waals surface area contributed by atoms with E-state index >= 15 is 0 Å². The summed E-state index contributed by atoms with van der Waals surface area (Å²) < 4.78 is 0. The van der Waals surface area contributed by atoms with Crippen LogP contribution in [-0.4, -0.2) is 22.2 Å². The Bertz CT molecular complexity index is 224. The van der Waals surface area contributed by atoms with Crippen molar-refractivity contribution >= 4 is 11.9 Å². The normalized spacial score (nSPS) is 14.1. The van der Waals surface area contributed by atoms with Crippen LogP contribution in [0.2, 0.25) is 0 Å². The number of hydrogen-bond acceptors (Lipinski definition) is 2. The smallest absolute Gasteiger partial charge is 0.306 e. The number of hydrogen-bond donors (Lipinski definition) is 2. The van der Waals surface area contributed by atoms with Gasteiger partial charge in [-0.1, -0.05) is 39.5 Å². The maximum atomic E-state index is 10.8. The second kappa shape index (κ2) is 9.92. The van der Waals surface area contributed by atoms with Crippen LogP contribution in [0.4, 0.5) is 0 Å². The van der Waals surface area contributed by atoms with Crippen LogP contribution in [0.15, 0.2) is 0 Å². The molecule has 0 aliphatic heterocycles. The zero-order valence-corrected chi connectivity index (χ0v) is 11.5. The molecule has 0 heterocycles. The van der Waals surface area contributed by atoms with Crippen LogP contribution in [0, 0.1) is 11.8 Å². The van der Waals surface area contributed by atoms with E-state index in [-0.39, 0.29) is 11.8 Å². The van der Waals surface area contributed by atoms with Gasteiger partial charge in [0, 0.05) is 0 Å². The first-order valence-electron chi connectivity index (χ1n) is 6.98. The average molecular weight is 258 g/mol. The largest absolute Gasteiger partial charge is 0.481 e. The van der Waals surface area contributed by atoms with Crippen LogP contribution in [0.25, 0.3) is 0 Å². The number of carboxylic acids is 2. The van der Waals surface area contributed by atoms with Crippen LogP contribution in [0.5, 0.6) is 0 Å². The SMILES string of the molecule is CCC(CCCCCCC(CC)C(=O)O)C(=O)O. The first-order valence-corrected chi connectivity index (χ1v) is 6.98. The summed E-state index contributed by atoms with van der Waals surface area (Å²) in [7, 11) is 0. The number of unbranched alkanes of at least 4 members (excludes halogenated alkanes) is 3. The van der Waals surface area contributed by atoms with E-state index in [2.05, 4.69) is 0 Å². The molecule has 0 saturated carbocycles. The lowest BCUT2D eigenvalue weighted by molar-refractivity contribution is -0.143. The molecule has 0 saturated heterocycles. The Balaban J connectivity index is 3.56. The number of carboxylic acid groups (broad SMARTS) is 2. The van der Waals surface area contributed by atoms with Crippen LogP contribution < -0.4 is 0 Å². The Morgan fingerprint density at radius 3 is 1.33 bits per heavy atom. The minimum atomic E-state index is -0.700. The van der Waals surface area contributed by atoms with Crippen molar-refractivity contribution in [3.05, 3.63) is 0 Å². The molecule has 4 nitrogen and oxygen atoms in total. The summed E-state index contributed by atoms with van der Waals surface area (Å²) in [5.41, 5.74) is 0. The summed E-state index contributed by atoms with van der Waals surface area (Å²) in [6, 6.07) is 0. The fourth-order valence-electron chi connectivity index (χ4n) is 2.14. The molecule has 0 fully saturated rings. The molecule has 18 heavy (non-hydrogen) atoms. The standard InChI is InChI=1S/C14H26O4/c1-3-11(13(15)16)9-7-5-6-8-10-12(4-2)14(17)18/h11-12H,3-10H2,1-2H3,(H,15,16)(H,17,18). The molecule has 2 N–H and O–H groups in total. The molecular weight excluding hydrogens is 232 g/mol. The van der Waals surface area contributed by atoms with Gasteiger partial charge in [0.2, 0.25) is 0 Å². The number of aliphatic carboxylic acids is 2. The van der Waals surface area contributed by atoms with E-state index in [1.165, 1.54) is 0 Å². The molecule has 0 bridgehead atoms. The van der Waals surface area contributed by atoms with Crippen molar-refractivity contribution in [1.29, 1.82) is 0 Å². The summed E-state index contributed by atoms with van der Waals surface area (Å²) in [5, 5.41) is 17.8. The summed E-state index contributed by atoms with van der Waals surface area (Å²) >= 11 is 0. The Morgan fingerprint density at radius 1 is 0.778 bits per heavy atom. The molecule has 0 spiro atoms. The first-order chi connectivity index (χ1) is 8.52. The Morgan fingerprint density at radius 2 is 1.11 bits per heavy atom. The van der Waals surface area contributed by atoms with Crippen molar-refractivity contribution < 1.29 is 19.8 Å². The fourth-order valence-corrected chi connectivity index (χ4v) is 2.14. The topological polar surface area (TPSA) is 74.6 Å². The highest BCUT2D eigenvalue weighted by molar-refractivity contribution is 5.70. The van der Waals surface area contributed by atoms with Crippen molar-refractivity contribution in [1.82, 2.24) is 0 Å². The second-order valence-electron chi connectivity index (χ2n) is 4.88. The van der Waals surface area contributed by atoms with Gasteiger partial charge in [-0.05, 0) is 25.7 Å². The van der Waals surface area contributed by atoms with Gasteiger partial charge < -0.3 is 10.2 Å². The Labute approximate surface area is 109 Å². The van der Waals surface area contributed by atoms with Gasteiger partial charge in [-0.3, -0.25) is 9.59 Å². The quantitative estimate of drug-likeness (QED) is 0.556. The molecule has 0 aliphatic carbocycles. The summed E-state index contributed by atoms with van der Waals surface area (Å²) in [5.74, 6) is -1.83. The van der Waals surface area contributed by atoms with Crippen LogP contribution >= 0.6 is 0 Å². The van der Waals surface area contributed by atoms with Crippen molar-refractivity contribution in [3.63, 3.8) is 0 Å². The zero-order valence-electron chi connectivity index (χ0n) is 11.5. The predicted octanol–water partition coefficient (Wildman–Crippen LogP) is 3.55. The predicted molar refractivity (Wildman–Crippen MR) is 70.5 cm³/mol. The molecule has 2 atom stereocenters. The maximum absolute atomic E-state index is 10.8. The van der Waals surface area contributed by atoms with E-state index in [1.54, 1.807) is 0 Å². The first kappa shape index (κ1) is 16.9. The molecule has 0 aromatic carbocycles. The van der Waals surface area contributed by atoms with Crippen LogP contribution in [-0.2, 0) is 9.59 Å². The molecular formula is C14H26O4. The lowest BCUT2D eigenvalue weighted by Crippen LogP contribution is -2.12. The highest BCUT2D eigenvalue weighted by Crippen LogP contribution is 2.17. The summed E-state index contributed by atoms with van der Waals surface area (Å²) in [4.78, 5) is 21.6. The van der Waals surface area contributed by atoms with Gasteiger partial charge in [-0.25, -0.2) is 0 Å². The molecule has 4 heteroatoms. The Hall–Kier alpha value is -1.06. The molecule has 0 radical (unpaired) electrons. The fraction of sp³-hybridized carbons (Fsp3) is 0.857. The van der Waals surface area contributed by atoms with Crippen LogP contribution in [0.3, 0.4) is 0 Å². The number of rotatable bonds is 11. The average Bonchev–Trinajstić information content (AvgIpc) is 2.32. The molecule has 0 aromatic rings. The van der Waals surface area contributed by atoms with Gasteiger partial charge in [0.1, 0.15) is 0 Å². The third-order valence-corrected chi connectivity index (χ3v) is 3.54. The molecule has 0 amide bonds. The summed E-state index contributed by atoms with van der Waals surface area (Å²) in [6.45, 7) is 3.80. The van der Waals surface area contributed by atoms with Gasteiger partial charge in [0.25, 0.3) is 0 Å². The Kier molecular flexibility index (Phi) is 9.33. The molecule has 0 aliphatic rings. The third-order valence-electron chi connectivity index (χ3n) is 3.54. The highest BCUT2D eigenvalue weighted by atomic mass is 16.4. The molecule has 0 aromatic heterocycles. The van der Waals surface area contributed by atoms with Crippen molar-refractivity contribution in [2.24, 2.45) is 11.8 Å². The van der Waals surface area contributed by atoms with Crippen molar-refractivity contribution in [2.45, 2.75) is 65.2 Å². The van der Waals surface area contributed by atoms with Gasteiger partial charge >= 0.3 is 11.9 Å². The molecule has 0 rings (SSSR count). The monoisotopic (exact) mass is 258 g/mol. The van der Waals surface area contributed by atoms with E-state index in [9.17, 15) is 9.59 Å². The van der Waals surface area contributed by atoms with E-state index in [0.29, 0.717) is 12.8 Å². The lowest BCUT2D eigenvalue weighted by atomic mass is 9.96. The molecule has 106 valence electrons. The minimum Gasteiger partial charge on any atom is -0.481 e. The summed E-state index contributed by atoms with van der Waals surface area (Å²) in [6.07, 6.45) is 6.70. The number of carbonyl (C=O) groups is 2. The van der Waals surface area contributed by atoms with Crippen LogP contribution in [0.1, 0.15) is 65.2 Å². The molecule has 2 unspecified atom stereocenters. The van der Waals surface area contributed by atoms with E-state index < -0.39 is 11.9 Å². The van der Waals surface area contributed by atoms with Gasteiger partial charge in [0.15, 0.2) is 0 Å². The van der Waals surface area contributed by atoms with Gasteiger partial charge in [-0.15, -0.1) is 0 Å². The van der Waals surface area contributed by atoms with E-state index in [4.69, 9.17) is 10.2 Å².